The Hall–Kier alpha value is -0.930. The van der Waals surface area contributed by atoms with Crippen LogP contribution < -0.4 is 0 Å². The standard InChI is InChI=1S/C8H14ClN3O2/c1-7(14-8(9)13)5-3-2-4-6-11-12-10/h7H,2-6H2,1H3. The Morgan fingerprint density at radius 2 is 2.29 bits per heavy atom. The second kappa shape index (κ2) is 8.66. The molecule has 80 valence electrons. The molecule has 0 N–H and O–H groups in total. The van der Waals surface area contributed by atoms with E-state index in [2.05, 4.69) is 10.0 Å². The summed E-state index contributed by atoms with van der Waals surface area (Å²) in [5.74, 6) is 0. The third kappa shape index (κ3) is 9.16. The molecule has 0 bridgehead atoms. The molecule has 1 atom stereocenters. The van der Waals surface area contributed by atoms with Crippen LogP contribution in [0.3, 0.4) is 0 Å². The summed E-state index contributed by atoms with van der Waals surface area (Å²) in [6, 6.07) is 0. The van der Waals surface area contributed by atoms with Crippen LogP contribution in [-0.2, 0) is 4.74 Å². The molecule has 0 aliphatic carbocycles. The minimum absolute atomic E-state index is 0.139. The SMILES string of the molecule is CC(CCCCCN=[N+]=[N-])OC(=O)Cl. The summed E-state index contributed by atoms with van der Waals surface area (Å²) in [7, 11) is 0. The normalized spacial score (nSPS) is 11.6. The average Bonchev–Trinajstić information content (AvgIpc) is 2.10. The van der Waals surface area contributed by atoms with E-state index < -0.39 is 5.43 Å². The van der Waals surface area contributed by atoms with Crippen LogP contribution in [0.5, 0.6) is 0 Å². The van der Waals surface area contributed by atoms with Crippen LogP contribution in [0.25, 0.3) is 10.4 Å². The van der Waals surface area contributed by atoms with Gasteiger partial charge < -0.3 is 4.74 Å². The van der Waals surface area contributed by atoms with Gasteiger partial charge in [0.1, 0.15) is 6.10 Å². The molecule has 0 saturated carbocycles. The van der Waals surface area contributed by atoms with E-state index in [9.17, 15) is 4.79 Å². The van der Waals surface area contributed by atoms with Gasteiger partial charge in [0.05, 0.1) is 0 Å². The van der Waals surface area contributed by atoms with E-state index in [1.165, 1.54) is 0 Å². The first-order chi connectivity index (χ1) is 6.66. The van der Waals surface area contributed by atoms with Gasteiger partial charge in [0.15, 0.2) is 0 Å². The summed E-state index contributed by atoms with van der Waals surface area (Å²) in [4.78, 5) is 13.0. The first kappa shape index (κ1) is 13.1. The van der Waals surface area contributed by atoms with Crippen LogP contribution in [0, 0.1) is 0 Å². The monoisotopic (exact) mass is 219 g/mol. The predicted molar refractivity (Wildman–Crippen MR) is 54.3 cm³/mol. The molecule has 0 aromatic carbocycles. The molecule has 0 amide bonds. The van der Waals surface area contributed by atoms with Crippen molar-refractivity contribution in [2.24, 2.45) is 5.11 Å². The molecular formula is C8H14ClN3O2. The van der Waals surface area contributed by atoms with Gasteiger partial charge in [0.25, 0.3) is 0 Å². The second-order valence-electron chi connectivity index (χ2n) is 2.97. The highest BCUT2D eigenvalue weighted by Gasteiger charge is 2.05. The molecule has 0 heterocycles. The Labute approximate surface area is 88.0 Å². The Bertz CT molecular complexity index is 217. The molecular weight excluding hydrogens is 206 g/mol. The van der Waals surface area contributed by atoms with Crippen LogP contribution in [0.2, 0.25) is 0 Å². The molecule has 1 unspecified atom stereocenters. The lowest BCUT2D eigenvalue weighted by Crippen LogP contribution is -2.09. The fraction of sp³-hybridized carbons (Fsp3) is 0.875. The van der Waals surface area contributed by atoms with E-state index in [4.69, 9.17) is 21.9 Å². The maximum atomic E-state index is 10.3. The zero-order chi connectivity index (χ0) is 10.8. The fourth-order valence-corrected chi connectivity index (χ4v) is 1.20. The zero-order valence-corrected chi connectivity index (χ0v) is 8.90. The van der Waals surface area contributed by atoms with Crippen molar-refractivity contribution in [2.45, 2.75) is 38.7 Å². The highest BCUT2D eigenvalue weighted by atomic mass is 35.5. The molecule has 5 nitrogen and oxygen atoms in total. The highest BCUT2D eigenvalue weighted by Crippen LogP contribution is 2.07. The van der Waals surface area contributed by atoms with E-state index in [0.29, 0.717) is 6.54 Å². The minimum atomic E-state index is -0.758. The van der Waals surface area contributed by atoms with Crippen LogP contribution in [0.15, 0.2) is 5.11 Å². The van der Waals surface area contributed by atoms with Crippen molar-refractivity contribution >= 4 is 17.0 Å². The Kier molecular flexibility index (Phi) is 8.08. The maximum Gasteiger partial charge on any atom is 0.404 e. The van der Waals surface area contributed by atoms with Gasteiger partial charge >= 0.3 is 5.43 Å². The first-order valence-electron chi connectivity index (χ1n) is 4.53. The van der Waals surface area contributed by atoms with Gasteiger partial charge in [-0.3, -0.25) is 0 Å². The summed E-state index contributed by atoms with van der Waals surface area (Å²) >= 11 is 5.04. The number of unbranched alkanes of at least 4 members (excludes halogenated alkanes) is 2. The third-order valence-electron chi connectivity index (χ3n) is 1.73. The quantitative estimate of drug-likeness (QED) is 0.216. The number of azide groups is 1. The highest BCUT2D eigenvalue weighted by molar-refractivity contribution is 6.61. The number of nitrogens with zero attached hydrogens (tertiary/aromatic N) is 3. The number of hydrogen-bond donors (Lipinski definition) is 0. The van der Waals surface area contributed by atoms with Crippen LogP contribution in [0.1, 0.15) is 32.6 Å². The van der Waals surface area contributed by atoms with Gasteiger partial charge in [-0.25, -0.2) is 4.79 Å². The number of halogens is 1. The molecule has 6 heteroatoms. The molecule has 0 aliphatic heterocycles. The van der Waals surface area contributed by atoms with Crippen molar-refractivity contribution in [1.82, 2.24) is 0 Å². The number of carbonyl (C=O) groups is 1. The van der Waals surface area contributed by atoms with Crippen molar-refractivity contribution in [3.05, 3.63) is 10.4 Å². The number of rotatable bonds is 7. The molecule has 0 aliphatic rings. The molecule has 0 aromatic rings. The zero-order valence-electron chi connectivity index (χ0n) is 8.15. The minimum Gasteiger partial charge on any atom is -0.451 e. The lowest BCUT2D eigenvalue weighted by molar-refractivity contribution is 0.124. The van der Waals surface area contributed by atoms with Crippen molar-refractivity contribution < 1.29 is 9.53 Å². The molecule has 0 spiro atoms. The van der Waals surface area contributed by atoms with Gasteiger partial charge in [0, 0.05) is 23.1 Å². The van der Waals surface area contributed by atoms with Gasteiger partial charge in [-0.05, 0) is 31.7 Å². The Morgan fingerprint density at radius 3 is 2.86 bits per heavy atom. The molecule has 0 fully saturated rings. The number of carbonyl (C=O) groups excluding carboxylic acids is 1. The van der Waals surface area contributed by atoms with Crippen LogP contribution >= 0.6 is 11.6 Å². The molecule has 0 rings (SSSR count). The van der Waals surface area contributed by atoms with E-state index in [1.54, 1.807) is 6.92 Å². The molecule has 0 saturated heterocycles. The van der Waals surface area contributed by atoms with Gasteiger partial charge in [-0.15, -0.1) is 0 Å². The molecule has 0 radical (unpaired) electrons. The average molecular weight is 220 g/mol. The summed E-state index contributed by atoms with van der Waals surface area (Å²) in [5, 5.41) is 3.41. The molecule has 0 aromatic heterocycles. The summed E-state index contributed by atoms with van der Waals surface area (Å²) in [6.07, 6.45) is 3.41. The smallest absolute Gasteiger partial charge is 0.404 e. The van der Waals surface area contributed by atoms with E-state index >= 15 is 0 Å². The Balaban J connectivity index is 3.26. The summed E-state index contributed by atoms with van der Waals surface area (Å²) < 4.78 is 4.72. The van der Waals surface area contributed by atoms with Crippen molar-refractivity contribution in [1.29, 1.82) is 0 Å². The third-order valence-corrected chi connectivity index (χ3v) is 1.81. The summed E-state index contributed by atoms with van der Waals surface area (Å²) in [6.45, 7) is 2.33. The topological polar surface area (TPSA) is 75.1 Å². The van der Waals surface area contributed by atoms with Gasteiger partial charge in [-0.2, -0.15) is 0 Å². The largest absolute Gasteiger partial charge is 0.451 e. The van der Waals surface area contributed by atoms with E-state index in [-0.39, 0.29) is 6.10 Å². The van der Waals surface area contributed by atoms with Gasteiger partial charge in [-0.1, -0.05) is 11.5 Å². The van der Waals surface area contributed by atoms with Gasteiger partial charge in [0.2, 0.25) is 0 Å². The second-order valence-corrected chi connectivity index (χ2v) is 3.28. The van der Waals surface area contributed by atoms with E-state index in [1.807, 2.05) is 0 Å². The van der Waals surface area contributed by atoms with Crippen molar-refractivity contribution in [3.63, 3.8) is 0 Å². The maximum absolute atomic E-state index is 10.3. The lowest BCUT2D eigenvalue weighted by Gasteiger charge is -2.09. The van der Waals surface area contributed by atoms with Crippen molar-refractivity contribution in [3.8, 4) is 0 Å². The number of hydrogen-bond acceptors (Lipinski definition) is 3. The lowest BCUT2D eigenvalue weighted by atomic mass is 10.1. The van der Waals surface area contributed by atoms with E-state index in [0.717, 1.165) is 25.7 Å². The first-order valence-corrected chi connectivity index (χ1v) is 4.91. The van der Waals surface area contributed by atoms with Crippen molar-refractivity contribution in [2.75, 3.05) is 6.54 Å². The molecule has 14 heavy (non-hydrogen) atoms. The van der Waals surface area contributed by atoms with Crippen LogP contribution in [-0.4, -0.2) is 18.1 Å². The van der Waals surface area contributed by atoms with Crippen LogP contribution in [0.4, 0.5) is 4.79 Å². The predicted octanol–water partition coefficient (Wildman–Crippen LogP) is 3.62. The summed E-state index contributed by atoms with van der Waals surface area (Å²) in [5.41, 5.74) is 7.24. The fourth-order valence-electron chi connectivity index (χ4n) is 1.05. The Morgan fingerprint density at radius 1 is 1.57 bits per heavy atom. The number of ether oxygens (including phenoxy) is 1.